The summed E-state index contributed by atoms with van der Waals surface area (Å²) in [6.07, 6.45) is 0. The summed E-state index contributed by atoms with van der Waals surface area (Å²) in [6.45, 7) is 4.89. The van der Waals surface area contributed by atoms with Crippen molar-refractivity contribution in [1.29, 1.82) is 0 Å². The van der Waals surface area contributed by atoms with Crippen LogP contribution < -0.4 is 0 Å². The van der Waals surface area contributed by atoms with Crippen molar-refractivity contribution in [2.24, 2.45) is 0 Å². The molecule has 0 bridgehead atoms. The topological polar surface area (TPSA) is 83.7 Å². The Morgan fingerprint density at radius 1 is 1.47 bits per heavy atom. The van der Waals surface area contributed by atoms with Crippen molar-refractivity contribution in [2.45, 2.75) is 26.4 Å². The smallest absolute Gasteiger partial charge is 0.282 e. The Labute approximate surface area is 111 Å². The number of hydrogen-bond donors (Lipinski definition) is 1. The van der Waals surface area contributed by atoms with Crippen LogP contribution in [0, 0.1) is 17.0 Å². The van der Waals surface area contributed by atoms with Crippen LogP contribution in [0.15, 0.2) is 18.2 Å². The van der Waals surface area contributed by atoms with Gasteiger partial charge in [-0.15, -0.1) is 0 Å². The van der Waals surface area contributed by atoms with Crippen LogP contribution in [0.5, 0.6) is 0 Å². The van der Waals surface area contributed by atoms with Crippen LogP contribution in [0.1, 0.15) is 29.8 Å². The molecule has 0 aliphatic heterocycles. The van der Waals surface area contributed by atoms with Crippen molar-refractivity contribution < 1.29 is 14.8 Å². The molecule has 0 heterocycles. The quantitative estimate of drug-likeness (QED) is 0.664. The molecule has 1 N–H and O–H groups in total. The summed E-state index contributed by atoms with van der Waals surface area (Å²) < 4.78 is 0. The van der Waals surface area contributed by atoms with Gasteiger partial charge < -0.3 is 10.0 Å². The van der Waals surface area contributed by atoms with Crippen LogP contribution in [0.4, 0.5) is 5.69 Å². The molecule has 1 aromatic rings. The third kappa shape index (κ3) is 3.75. The minimum Gasteiger partial charge on any atom is -0.389 e. The van der Waals surface area contributed by atoms with Gasteiger partial charge in [0.15, 0.2) is 0 Å². The summed E-state index contributed by atoms with van der Waals surface area (Å²) in [5, 5.41) is 20.7. The predicted octanol–water partition coefficient (Wildman–Crippen LogP) is 1.75. The lowest BCUT2D eigenvalue weighted by molar-refractivity contribution is -0.385. The molecule has 0 atom stereocenters. The van der Waals surface area contributed by atoms with Gasteiger partial charge in [0.2, 0.25) is 0 Å². The predicted molar refractivity (Wildman–Crippen MR) is 71.1 cm³/mol. The van der Waals surface area contributed by atoms with E-state index in [0.717, 1.165) is 0 Å². The number of carbonyl (C=O) groups is 1. The van der Waals surface area contributed by atoms with E-state index >= 15 is 0 Å². The zero-order valence-corrected chi connectivity index (χ0v) is 11.5. The second-order valence-corrected chi connectivity index (χ2v) is 5.20. The molecule has 0 fully saturated rings. The lowest BCUT2D eigenvalue weighted by atomic mass is 10.0. The summed E-state index contributed by atoms with van der Waals surface area (Å²) in [5.41, 5.74) is -0.657. The first kappa shape index (κ1) is 15.1. The van der Waals surface area contributed by atoms with Gasteiger partial charge in [-0.25, -0.2) is 0 Å². The first-order valence-electron chi connectivity index (χ1n) is 5.85. The van der Waals surface area contributed by atoms with Crippen LogP contribution in [0.25, 0.3) is 0 Å². The summed E-state index contributed by atoms with van der Waals surface area (Å²) in [6, 6.07) is 4.50. The Kier molecular flexibility index (Phi) is 4.26. The number of amides is 1. The number of rotatable bonds is 4. The van der Waals surface area contributed by atoms with Crippen molar-refractivity contribution in [3.63, 3.8) is 0 Å². The first-order chi connectivity index (χ1) is 8.63. The van der Waals surface area contributed by atoms with Gasteiger partial charge in [0.25, 0.3) is 11.6 Å². The summed E-state index contributed by atoms with van der Waals surface area (Å²) in [4.78, 5) is 24.0. The van der Waals surface area contributed by atoms with Gasteiger partial charge in [0.05, 0.1) is 10.5 Å². The monoisotopic (exact) mass is 266 g/mol. The molecule has 1 aromatic carbocycles. The highest BCUT2D eigenvalue weighted by atomic mass is 16.6. The van der Waals surface area contributed by atoms with Gasteiger partial charge in [-0.3, -0.25) is 14.9 Å². The Morgan fingerprint density at radius 3 is 2.53 bits per heavy atom. The maximum absolute atomic E-state index is 12.3. The van der Waals surface area contributed by atoms with Crippen molar-refractivity contribution in [3.8, 4) is 0 Å². The maximum Gasteiger partial charge on any atom is 0.282 e. The number of benzene rings is 1. The lowest BCUT2D eigenvalue weighted by Crippen LogP contribution is -2.40. The molecule has 1 rings (SSSR count). The third-order valence-corrected chi connectivity index (χ3v) is 2.63. The Morgan fingerprint density at radius 2 is 2.05 bits per heavy atom. The fraction of sp³-hybridized carbons (Fsp3) is 0.462. The van der Waals surface area contributed by atoms with Crippen LogP contribution in [-0.2, 0) is 0 Å². The minimum atomic E-state index is -1.05. The summed E-state index contributed by atoms with van der Waals surface area (Å²) >= 11 is 0. The lowest BCUT2D eigenvalue weighted by Gasteiger charge is -2.25. The van der Waals surface area contributed by atoms with E-state index in [1.807, 2.05) is 0 Å². The molecular formula is C13H18N2O4. The zero-order chi connectivity index (χ0) is 14.8. The number of nitrogens with zero attached hydrogens (tertiary/aromatic N) is 2. The van der Waals surface area contributed by atoms with E-state index in [4.69, 9.17) is 0 Å². The van der Waals surface area contributed by atoms with Crippen LogP contribution in [-0.4, -0.2) is 40.0 Å². The minimum absolute atomic E-state index is 0.0688. The van der Waals surface area contributed by atoms with E-state index in [0.29, 0.717) is 5.56 Å². The number of nitro benzene ring substituents is 1. The van der Waals surface area contributed by atoms with Crippen molar-refractivity contribution in [3.05, 3.63) is 39.4 Å². The number of aryl methyl sites for hydroxylation is 1. The highest BCUT2D eigenvalue weighted by Crippen LogP contribution is 2.23. The third-order valence-electron chi connectivity index (χ3n) is 2.63. The van der Waals surface area contributed by atoms with Crippen LogP contribution in [0.3, 0.4) is 0 Å². The van der Waals surface area contributed by atoms with Crippen molar-refractivity contribution in [2.75, 3.05) is 13.6 Å². The Balaban J connectivity index is 3.16. The van der Waals surface area contributed by atoms with Gasteiger partial charge in [-0.2, -0.15) is 0 Å². The molecule has 6 nitrogen and oxygen atoms in total. The van der Waals surface area contributed by atoms with Crippen molar-refractivity contribution >= 4 is 11.6 Å². The molecule has 0 aromatic heterocycles. The van der Waals surface area contributed by atoms with Crippen LogP contribution in [0.2, 0.25) is 0 Å². The van der Waals surface area contributed by atoms with Gasteiger partial charge in [0.1, 0.15) is 5.56 Å². The molecule has 1 amide bonds. The molecule has 104 valence electrons. The fourth-order valence-electron chi connectivity index (χ4n) is 1.93. The van der Waals surface area contributed by atoms with Crippen LogP contribution >= 0.6 is 0 Å². The maximum atomic E-state index is 12.3. The molecule has 0 aliphatic carbocycles. The first-order valence-corrected chi connectivity index (χ1v) is 5.85. The second kappa shape index (κ2) is 5.36. The molecule has 0 unspecified atom stereocenters. The number of hydrogen-bond acceptors (Lipinski definition) is 4. The van der Waals surface area contributed by atoms with Gasteiger partial charge in [-0.05, 0) is 26.3 Å². The van der Waals surface area contributed by atoms with E-state index in [-0.39, 0.29) is 17.8 Å². The van der Waals surface area contributed by atoms with E-state index in [9.17, 15) is 20.0 Å². The van der Waals surface area contributed by atoms with Gasteiger partial charge in [-0.1, -0.05) is 12.1 Å². The number of likely N-dealkylation sites (N-methyl/N-ethyl adjacent to an activating group) is 1. The molecule has 0 saturated heterocycles. The van der Waals surface area contributed by atoms with Crippen molar-refractivity contribution in [1.82, 2.24) is 4.90 Å². The summed E-state index contributed by atoms with van der Waals surface area (Å²) in [5.74, 6) is -0.466. The Hall–Kier alpha value is -1.95. The number of nitro groups is 1. The van der Waals surface area contributed by atoms with Gasteiger partial charge in [0, 0.05) is 19.7 Å². The number of carbonyl (C=O) groups excluding carboxylic acids is 1. The van der Waals surface area contributed by atoms with Gasteiger partial charge >= 0.3 is 0 Å². The highest BCUT2D eigenvalue weighted by molar-refractivity contribution is 5.99. The van der Waals surface area contributed by atoms with E-state index < -0.39 is 16.4 Å². The van der Waals surface area contributed by atoms with E-state index in [1.165, 1.54) is 18.0 Å². The standard InChI is InChI=1S/C13H18N2O4/c1-9-6-5-7-10(15(18)19)11(9)12(16)14(4)8-13(2,3)17/h5-7,17H,8H2,1-4H3. The SMILES string of the molecule is Cc1cccc([N+](=O)[O-])c1C(=O)N(C)CC(C)(C)O. The normalized spacial score (nSPS) is 11.2. The molecular weight excluding hydrogens is 248 g/mol. The molecule has 0 radical (unpaired) electrons. The molecule has 0 aliphatic rings. The summed E-state index contributed by atoms with van der Waals surface area (Å²) in [7, 11) is 1.51. The average molecular weight is 266 g/mol. The molecule has 0 spiro atoms. The number of aliphatic hydroxyl groups is 1. The highest BCUT2D eigenvalue weighted by Gasteiger charge is 2.27. The Bertz CT molecular complexity index is 506. The fourth-order valence-corrected chi connectivity index (χ4v) is 1.93. The zero-order valence-electron chi connectivity index (χ0n) is 11.5. The molecule has 0 saturated carbocycles. The van der Waals surface area contributed by atoms with E-state index in [2.05, 4.69) is 0 Å². The largest absolute Gasteiger partial charge is 0.389 e. The second-order valence-electron chi connectivity index (χ2n) is 5.20. The molecule has 19 heavy (non-hydrogen) atoms. The average Bonchev–Trinajstić information content (AvgIpc) is 2.25. The molecule has 6 heteroatoms. The van der Waals surface area contributed by atoms with E-state index in [1.54, 1.807) is 32.9 Å².